The lowest BCUT2D eigenvalue weighted by Crippen LogP contribution is -2.33. The molecule has 2 heterocycles. The molecule has 2 amide bonds. The standard InChI is InChI=1S/C23H20N4O5S/c1-15-5-2-6-16(11-15)25-23-26(14-19-9-4-10-32-19)22(29)20(33-23)13-21(28)24-17-7-3-8-18(12-17)27(30)31/h2-12,20H,13-14H2,1H3,(H,24,28). The summed E-state index contributed by atoms with van der Waals surface area (Å²) in [5.74, 6) is -0.0734. The number of benzene rings is 2. The average molecular weight is 465 g/mol. The van der Waals surface area contributed by atoms with E-state index in [1.54, 1.807) is 18.2 Å². The Hall–Kier alpha value is -3.92. The van der Waals surface area contributed by atoms with E-state index in [4.69, 9.17) is 4.42 Å². The van der Waals surface area contributed by atoms with E-state index in [9.17, 15) is 19.7 Å². The van der Waals surface area contributed by atoms with Gasteiger partial charge in [-0.2, -0.15) is 0 Å². The summed E-state index contributed by atoms with van der Waals surface area (Å²) in [7, 11) is 0. The molecule has 0 saturated carbocycles. The minimum absolute atomic E-state index is 0.103. The first-order valence-corrected chi connectivity index (χ1v) is 11.0. The lowest BCUT2D eigenvalue weighted by Gasteiger charge is -2.15. The fraction of sp³-hybridized carbons (Fsp3) is 0.174. The summed E-state index contributed by atoms with van der Waals surface area (Å²) in [6, 6.07) is 16.8. The molecule has 2 aromatic carbocycles. The van der Waals surface area contributed by atoms with Crippen LogP contribution in [-0.4, -0.2) is 32.1 Å². The molecule has 33 heavy (non-hydrogen) atoms. The Labute approximate surface area is 193 Å². The molecular weight excluding hydrogens is 444 g/mol. The zero-order valence-electron chi connectivity index (χ0n) is 17.6. The lowest BCUT2D eigenvalue weighted by atomic mass is 10.2. The van der Waals surface area contributed by atoms with Crippen LogP contribution in [0, 0.1) is 17.0 Å². The lowest BCUT2D eigenvalue weighted by molar-refractivity contribution is -0.384. The van der Waals surface area contributed by atoms with Gasteiger partial charge < -0.3 is 9.73 Å². The number of nitro benzene ring substituents is 1. The van der Waals surface area contributed by atoms with Crippen LogP contribution in [0.3, 0.4) is 0 Å². The fourth-order valence-corrected chi connectivity index (χ4v) is 4.47. The topological polar surface area (TPSA) is 118 Å². The van der Waals surface area contributed by atoms with Gasteiger partial charge in [0, 0.05) is 24.2 Å². The van der Waals surface area contributed by atoms with Crippen LogP contribution in [0.15, 0.2) is 76.3 Å². The maximum atomic E-state index is 13.1. The van der Waals surface area contributed by atoms with Crippen molar-refractivity contribution in [2.75, 3.05) is 5.32 Å². The second-order valence-electron chi connectivity index (χ2n) is 7.40. The molecule has 0 radical (unpaired) electrons. The number of hydrogen-bond donors (Lipinski definition) is 1. The minimum Gasteiger partial charge on any atom is -0.467 e. The van der Waals surface area contributed by atoms with E-state index in [0.29, 0.717) is 22.3 Å². The Morgan fingerprint density at radius 2 is 2.03 bits per heavy atom. The van der Waals surface area contributed by atoms with E-state index in [-0.39, 0.29) is 24.6 Å². The number of non-ortho nitro benzene ring substituents is 1. The van der Waals surface area contributed by atoms with Crippen LogP contribution in [0.5, 0.6) is 0 Å². The molecule has 1 fully saturated rings. The number of aryl methyl sites for hydroxylation is 1. The van der Waals surface area contributed by atoms with Crippen molar-refractivity contribution in [3.63, 3.8) is 0 Å². The third-order valence-electron chi connectivity index (χ3n) is 4.85. The predicted octanol–water partition coefficient (Wildman–Crippen LogP) is 4.66. The summed E-state index contributed by atoms with van der Waals surface area (Å²) < 4.78 is 5.39. The van der Waals surface area contributed by atoms with Gasteiger partial charge in [-0.1, -0.05) is 30.0 Å². The van der Waals surface area contributed by atoms with Crippen molar-refractivity contribution < 1.29 is 18.9 Å². The van der Waals surface area contributed by atoms with Gasteiger partial charge in [-0.05, 0) is 42.8 Å². The molecule has 1 aliphatic rings. The smallest absolute Gasteiger partial charge is 0.271 e. The van der Waals surface area contributed by atoms with Crippen LogP contribution in [0.4, 0.5) is 17.1 Å². The molecule has 1 unspecified atom stereocenters. The van der Waals surface area contributed by atoms with Gasteiger partial charge in [-0.25, -0.2) is 4.99 Å². The fourth-order valence-electron chi connectivity index (χ4n) is 3.31. The zero-order valence-corrected chi connectivity index (χ0v) is 18.5. The van der Waals surface area contributed by atoms with Gasteiger partial charge in [0.2, 0.25) is 11.8 Å². The predicted molar refractivity (Wildman–Crippen MR) is 125 cm³/mol. The number of amidine groups is 1. The Balaban J connectivity index is 1.52. The first kappa shape index (κ1) is 22.3. The van der Waals surface area contributed by atoms with Gasteiger partial charge >= 0.3 is 0 Å². The molecule has 10 heteroatoms. The molecule has 1 atom stereocenters. The van der Waals surface area contributed by atoms with Crippen molar-refractivity contribution >= 4 is 45.8 Å². The molecule has 1 aromatic heterocycles. The van der Waals surface area contributed by atoms with Crippen molar-refractivity contribution in [3.8, 4) is 0 Å². The molecule has 1 saturated heterocycles. The number of anilines is 1. The number of carbonyl (C=O) groups excluding carboxylic acids is 2. The SMILES string of the molecule is Cc1cccc(N=C2SC(CC(=O)Nc3cccc([N+](=O)[O-])c3)C(=O)N2Cc2ccco2)c1. The highest BCUT2D eigenvalue weighted by atomic mass is 32.2. The van der Waals surface area contributed by atoms with E-state index < -0.39 is 16.1 Å². The quantitative estimate of drug-likeness (QED) is 0.401. The van der Waals surface area contributed by atoms with Gasteiger partial charge in [0.25, 0.3) is 5.69 Å². The summed E-state index contributed by atoms with van der Waals surface area (Å²) in [6.07, 6.45) is 1.43. The van der Waals surface area contributed by atoms with Gasteiger partial charge in [0.1, 0.15) is 11.0 Å². The van der Waals surface area contributed by atoms with Crippen molar-refractivity contribution in [3.05, 3.63) is 88.4 Å². The molecule has 4 rings (SSSR count). The van der Waals surface area contributed by atoms with Crippen molar-refractivity contribution in [2.45, 2.75) is 25.1 Å². The second-order valence-corrected chi connectivity index (χ2v) is 8.57. The Morgan fingerprint density at radius 1 is 1.21 bits per heavy atom. The minimum atomic E-state index is -0.679. The number of amides is 2. The third kappa shape index (κ3) is 5.47. The molecule has 1 aliphatic heterocycles. The van der Waals surface area contributed by atoms with Crippen molar-refractivity contribution in [1.82, 2.24) is 4.90 Å². The largest absolute Gasteiger partial charge is 0.467 e. The summed E-state index contributed by atoms with van der Waals surface area (Å²) in [5, 5.41) is 13.4. The molecule has 3 aromatic rings. The number of rotatable bonds is 7. The van der Waals surface area contributed by atoms with Gasteiger partial charge in [-0.15, -0.1) is 0 Å². The zero-order chi connectivity index (χ0) is 23.4. The van der Waals surface area contributed by atoms with Crippen LogP contribution in [-0.2, 0) is 16.1 Å². The van der Waals surface area contributed by atoms with Crippen LogP contribution in [0.2, 0.25) is 0 Å². The van der Waals surface area contributed by atoms with Crippen molar-refractivity contribution in [2.24, 2.45) is 4.99 Å². The van der Waals surface area contributed by atoms with E-state index in [1.807, 2.05) is 31.2 Å². The van der Waals surface area contributed by atoms with Gasteiger partial charge in [0.05, 0.1) is 23.4 Å². The maximum Gasteiger partial charge on any atom is 0.271 e. The Bertz CT molecular complexity index is 1230. The number of nitro groups is 1. The number of thioether (sulfide) groups is 1. The van der Waals surface area contributed by atoms with Gasteiger partial charge in [0.15, 0.2) is 5.17 Å². The van der Waals surface area contributed by atoms with E-state index >= 15 is 0 Å². The molecule has 1 N–H and O–H groups in total. The molecule has 0 bridgehead atoms. The summed E-state index contributed by atoms with van der Waals surface area (Å²) in [4.78, 5) is 42.3. The maximum absolute atomic E-state index is 13.1. The number of nitrogens with one attached hydrogen (secondary N) is 1. The number of carbonyl (C=O) groups is 2. The molecular formula is C23H20N4O5S. The molecule has 0 aliphatic carbocycles. The summed E-state index contributed by atoms with van der Waals surface area (Å²) >= 11 is 1.21. The normalized spacial score (nSPS) is 16.9. The molecule has 168 valence electrons. The van der Waals surface area contributed by atoms with E-state index in [2.05, 4.69) is 10.3 Å². The van der Waals surface area contributed by atoms with Crippen LogP contribution in [0.25, 0.3) is 0 Å². The number of aliphatic imine (C=N–C) groups is 1. The van der Waals surface area contributed by atoms with Crippen molar-refractivity contribution in [1.29, 1.82) is 0 Å². The molecule has 9 nitrogen and oxygen atoms in total. The van der Waals surface area contributed by atoms with Crippen LogP contribution < -0.4 is 5.32 Å². The second kappa shape index (κ2) is 9.70. The van der Waals surface area contributed by atoms with Crippen LogP contribution >= 0.6 is 11.8 Å². The Morgan fingerprint density at radius 3 is 2.76 bits per heavy atom. The van der Waals surface area contributed by atoms with E-state index in [1.165, 1.54) is 41.1 Å². The third-order valence-corrected chi connectivity index (χ3v) is 6.03. The van der Waals surface area contributed by atoms with Crippen LogP contribution in [0.1, 0.15) is 17.7 Å². The van der Waals surface area contributed by atoms with Gasteiger partial charge in [-0.3, -0.25) is 24.6 Å². The summed E-state index contributed by atoms with van der Waals surface area (Å²) in [5.41, 5.74) is 1.91. The van der Waals surface area contributed by atoms with E-state index in [0.717, 1.165) is 5.56 Å². The monoisotopic (exact) mass is 464 g/mol. The number of hydrogen-bond acceptors (Lipinski definition) is 7. The highest BCUT2D eigenvalue weighted by Crippen LogP contribution is 2.33. The highest BCUT2D eigenvalue weighted by Gasteiger charge is 2.39. The first-order valence-electron chi connectivity index (χ1n) is 10.1. The Kier molecular flexibility index (Phi) is 6.55. The number of nitrogens with zero attached hydrogens (tertiary/aromatic N) is 3. The molecule has 0 spiro atoms. The number of furan rings is 1. The summed E-state index contributed by atoms with van der Waals surface area (Å²) in [6.45, 7) is 2.16. The highest BCUT2D eigenvalue weighted by molar-refractivity contribution is 8.15. The average Bonchev–Trinajstić information content (AvgIpc) is 3.38. The first-order chi connectivity index (χ1) is 15.9.